The molecule has 0 aromatic heterocycles. The fourth-order valence-electron chi connectivity index (χ4n) is 1.45. The van der Waals surface area contributed by atoms with Crippen molar-refractivity contribution in [1.82, 2.24) is 0 Å². The van der Waals surface area contributed by atoms with Gasteiger partial charge in [0.2, 0.25) is 0 Å². The molecule has 0 aromatic carbocycles. The quantitative estimate of drug-likeness (QED) is 0.255. The predicted octanol–water partition coefficient (Wildman–Crippen LogP) is 4.67. The Kier molecular flexibility index (Phi) is 72.3. The first-order valence-corrected chi connectivity index (χ1v) is 10.1. The minimum atomic E-state index is 0. The summed E-state index contributed by atoms with van der Waals surface area (Å²) in [6.45, 7) is 9.90. The van der Waals surface area contributed by atoms with Crippen LogP contribution in [0.4, 0.5) is 0 Å². The molecule has 0 atom stereocenters. The third kappa shape index (κ3) is 79.5. The SMILES string of the molecule is CCCCCO.CCCCCO.CCCCCO.CCCCCO.[Rh]. The van der Waals surface area contributed by atoms with E-state index in [1.54, 1.807) is 0 Å². The molecule has 0 heterocycles. The summed E-state index contributed by atoms with van der Waals surface area (Å²) in [5.74, 6) is 0. The summed E-state index contributed by atoms with van der Waals surface area (Å²) in [6.07, 6.45) is 13.3. The summed E-state index contributed by atoms with van der Waals surface area (Å²) in [5.41, 5.74) is 0. The first kappa shape index (κ1) is 36.4. The van der Waals surface area contributed by atoms with E-state index in [0.717, 1.165) is 51.4 Å². The Hall–Kier alpha value is 0.463. The van der Waals surface area contributed by atoms with Gasteiger partial charge in [-0.1, -0.05) is 79.1 Å². The molecule has 0 aliphatic carbocycles. The molecular formula is C20H48O4Rh. The molecule has 4 N–H and O–H groups in total. The second kappa shape index (κ2) is 49.7. The molecule has 161 valence electrons. The molecule has 0 aliphatic heterocycles. The van der Waals surface area contributed by atoms with Crippen molar-refractivity contribution < 1.29 is 39.9 Å². The third-order valence-corrected chi connectivity index (χ3v) is 3.05. The van der Waals surface area contributed by atoms with E-state index in [2.05, 4.69) is 27.7 Å². The van der Waals surface area contributed by atoms with Crippen molar-refractivity contribution in [3.05, 3.63) is 0 Å². The van der Waals surface area contributed by atoms with Gasteiger partial charge in [0.25, 0.3) is 0 Å². The van der Waals surface area contributed by atoms with Crippen molar-refractivity contribution in [3.8, 4) is 0 Å². The summed E-state index contributed by atoms with van der Waals surface area (Å²) >= 11 is 0. The molecule has 0 amide bonds. The number of unbranched alkanes of at least 4 members (excludes halogenated alkanes) is 8. The smallest absolute Gasteiger partial charge is 0.0431 e. The van der Waals surface area contributed by atoms with Crippen molar-refractivity contribution in [2.75, 3.05) is 26.4 Å². The average molecular weight is 456 g/mol. The zero-order valence-electron chi connectivity index (χ0n) is 17.4. The maximum atomic E-state index is 8.20. The maximum absolute atomic E-state index is 8.20. The van der Waals surface area contributed by atoms with Gasteiger partial charge in [-0.25, -0.2) is 0 Å². The molecule has 4 nitrogen and oxygen atoms in total. The fraction of sp³-hybridized carbons (Fsp3) is 1.00. The van der Waals surface area contributed by atoms with E-state index in [1.165, 1.54) is 25.7 Å². The fourth-order valence-corrected chi connectivity index (χ4v) is 1.45. The molecule has 1 radical (unpaired) electrons. The van der Waals surface area contributed by atoms with E-state index in [9.17, 15) is 0 Å². The van der Waals surface area contributed by atoms with E-state index >= 15 is 0 Å². The molecule has 0 aliphatic rings. The van der Waals surface area contributed by atoms with Crippen molar-refractivity contribution >= 4 is 0 Å². The Labute approximate surface area is 171 Å². The summed E-state index contributed by atoms with van der Waals surface area (Å²) in [4.78, 5) is 0. The van der Waals surface area contributed by atoms with Gasteiger partial charge in [-0.05, 0) is 25.7 Å². The van der Waals surface area contributed by atoms with Gasteiger partial charge in [-0.3, -0.25) is 0 Å². The Morgan fingerprint density at radius 3 is 0.560 bits per heavy atom. The monoisotopic (exact) mass is 455 g/mol. The first-order valence-electron chi connectivity index (χ1n) is 10.1. The predicted molar refractivity (Wildman–Crippen MR) is 106 cm³/mol. The molecule has 0 bridgehead atoms. The van der Waals surface area contributed by atoms with E-state index in [0.29, 0.717) is 26.4 Å². The van der Waals surface area contributed by atoms with Crippen LogP contribution in [0.25, 0.3) is 0 Å². The molecule has 0 unspecified atom stereocenters. The number of hydrogen-bond donors (Lipinski definition) is 4. The number of rotatable bonds is 12. The van der Waals surface area contributed by atoms with Crippen LogP contribution in [0, 0.1) is 0 Å². The van der Waals surface area contributed by atoms with Gasteiger partial charge in [-0.15, -0.1) is 0 Å². The molecule has 0 aromatic rings. The standard InChI is InChI=1S/4C5H12O.Rh/c4*1-2-3-4-5-6;/h4*6H,2-5H2,1H3;. The molecule has 25 heavy (non-hydrogen) atoms. The molecular weight excluding hydrogens is 407 g/mol. The molecule has 0 spiro atoms. The summed E-state index contributed by atoms with van der Waals surface area (Å²) in [6, 6.07) is 0. The molecule has 0 saturated heterocycles. The third-order valence-electron chi connectivity index (χ3n) is 3.05. The van der Waals surface area contributed by atoms with Gasteiger partial charge in [0, 0.05) is 45.9 Å². The zero-order valence-corrected chi connectivity index (χ0v) is 19.1. The van der Waals surface area contributed by atoms with Crippen molar-refractivity contribution in [3.63, 3.8) is 0 Å². The first-order chi connectivity index (χ1) is 11.7. The minimum absolute atomic E-state index is 0. The molecule has 5 heteroatoms. The summed E-state index contributed by atoms with van der Waals surface area (Å²) in [7, 11) is 0. The number of aliphatic hydroxyl groups excluding tert-OH is 4. The van der Waals surface area contributed by atoms with E-state index < -0.39 is 0 Å². The Morgan fingerprint density at radius 1 is 0.360 bits per heavy atom. The van der Waals surface area contributed by atoms with Gasteiger partial charge >= 0.3 is 0 Å². The van der Waals surface area contributed by atoms with Crippen LogP contribution in [0.15, 0.2) is 0 Å². The van der Waals surface area contributed by atoms with Gasteiger partial charge in [0.05, 0.1) is 0 Å². The Balaban J connectivity index is -0.0000000702. The normalized spacial score (nSPS) is 8.64. The summed E-state index contributed by atoms with van der Waals surface area (Å²) in [5, 5.41) is 32.8. The van der Waals surface area contributed by atoms with Crippen LogP contribution in [0.5, 0.6) is 0 Å². The number of aliphatic hydroxyl groups is 4. The van der Waals surface area contributed by atoms with Crippen LogP contribution in [-0.4, -0.2) is 46.9 Å². The van der Waals surface area contributed by atoms with Gasteiger partial charge in [0.1, 0.15) is 0 Å². The van der Waals surface area contributed by atoms with Gasteiger partial charge in [0.15, 0.2) is 0 Å². The van der Waals surface area contributed by atoms with Crippen molar-refractivity contribution in [2.24, 2.45) is 0 Å². The van der Waals surface area contributed by atoms with Crippen LogP contribution in [0.1, 0.15) is 105 Å². The maximum Gasteiger partial charge on any atom is 0.0431 e. The molecule has 0 rings (SSSR count). The van der Waals surface area contributed by atoms with E-state index in [-0.39, 0.29) is 19.5 Å². The average Bonchev–Trinajstić information content (AvgIpc) is 2.62. The second-order valence-corrected chi connectivity index (χ2v) is 5.72. The minimum Gasteiger partial charge on any atom is -0.396 e. The summed E-state index contributed by atoms with van der Waals surface area (Å²) < 4.78 is 0. The Morgan fingerprint density at radius 2 is 0.520 bits per heavy atom. The number of hydrogen-bond acceptors (Lipinski definition) is 4. The van der Waals surface area contributed by atoms with Gasteiger partial charge < -0.3 is 20.4 Å². The van der Waals surface area contributed by atoms with Crippen LogP contribution < -0.4 is 0 Å². The van der Waals surface area contributed by atoms with Crippen LogP contribution >= 0.6 is 0 Å². The van der Waals surface area contributed by atoms with Crippen LogP contribution in [0.2, 0.25) is 0 Å². The topological polar surface area (TPSA) is 80.9 Å². The van der Waals surface area contributed by atoms with E-state index in [4.69, 9.17) is 20.4 Å². The van der Waals surface area contributed by atoms with Crippen LogP contribution in [-0.2, 0) is 19.5 Å². The van der Waals surface area contributed by atoms with E-state index in [1.807, 2.05) is 0 Å². The van der Waals surface area contributed by atoms with Crippen molar-refractivity contribution in [2.45, 2.75) is 105 Å². The molecule has 0 saturated carbocycles. The zero-order chi connectivity index (χ0) is 19.3. The molecule has 0 fully saturated rings. The van der Waals surface area contributed by atoms with Crippen molar-refractivity contribution in [1.29, 1.82) is 0 Å². The Bertz CT molecular complexity index is 102. The second-order valence-electron chi connectivity index (χ2n) is 5.72. The largest absolute Gasteiger partial charge is 0.396 e. The van der Waals surface area contributed by atoms with Gasteiger partial charge in [-0.2, -0.15) is 0 Å². The van der Waals surface area contributed by atoms with Crippen LogP contribution in [0.3, 0.4) is 0 Å².